The van der Waals surface area contributed by atoms with Gasteiger partial charge in [-0.05, 0) is 44.5 Å². The molecule has 0 bridgehead atoms. The highest BCUT2D eigenvalue weighted by atomic mass is 32.2. The largest absolute Gasteiger partial charge is 0.312 e. The Morgan fingerprint density at radius 2 is 1.71 bits per heavy atom. The zero-order valence-corrected chi connectivity index (χ0v) is 15.0. The van der Waals surface area contributed by atoms with Gasteiger partial charge in [-0.15, -0.1) is 0 Å². The van der Waals surface area contributed by atoms with Crippen molar-refractivity contribution >= 4 is 20.6 Å². The minimum atomic E-state index is -3.06. The van der Waals surface area contributed by atoms with E-state index in [1.165, 1.54) is 22.9 Å². The molecular formula is C15H25NO3S2. The first kappa shape index (κ1) is 18.3. The van der Waals surface area contributed by atoms with Crippen molar-refractivity contribution in [1.29, 1.82) is 0 Å². The summed E-state index contributed by atoms with van der Waals surface area (Å²) in [5.41, 5.74) is 4.72. The van der Waals surface area contributed by atoms with E-state index in [4.69, 9.17) is 0 Å². The zero-order chi connectivity index (χ0) is 16.2. The second-order valence-electron chi connectivity index (χ2n) is 5.59. The molecule has 120 valence electrons. The van der Waals surface area contributed by atoms with Gasteiger partial charge in [-0.2, -0.15) is 0 Å². The summed E-state index contributed by atoms with van der Waals surface area (Å²) in [6.45, 7) is 6.17. The van der Waals surface area contributed by atoms with Crippen molar-refractivity contribution in [3.63, 3.8) is 0 Å². The Balaban J connectivity index is 2.87. The second-order valence-corrected chi connectivity index (χ2v) is 9.48. The van der Waals surface area contributed by atoms with Gasteiger partial charge < -0.3 is 5.32 Å². The van der Waals surface area contributed by atoms with E-state index >= 15 is 0 Å². The Morgan fingerprint density at radius 1 is 1.19 bits per heavy atom. The van der Waals surface area contributed by atoms with Gasteiger partial charge >= 0.3 is 0 Å². The Labute approximate surface area is 130 Å². The van der Waals surface area contributed by atoms with Crippen LogP contribution in [0.25, 0.3) is 0 Å². The van der Waals surface area contributed by atoms with Crippen molar-refractivity contribution in [2.75, 3.05) is 30.6 Å². The van der Waals surface area contributed by atoms with Crippen LogP contribution in [-0.4, -0.2) is 43.2 Å². The molecule has 0 saturated heterocycles. The molecule has 0 aliphatic carbocycles. The number of hydrogen-bond acceptors (Lipinski definition) is 4. The topological polar surface area (TPSA) is 63.2 Å². The Morgan fingerprint density at radius 3 is 2.14 bits per heavy atom. The molecule has 1 aromatic carbocycles. The first-order valence-electron chi connectivity index (χ1n) is 6.91. The molecule has 0 fully saturated rings. The summed E-state index contributed by atoms with van der Waals surface area (Å²) in [6, 6.07) is 4.21. The van der Waals surface area contributed by atoms with E-state index in [0.717, 1.165) is 5.56 Å². The molecule has 0 heterocycles. The molecule has 0 radical (unpaired) electrons. The summed E-state index contributed by atoms with van der Waals surface area (Å²) >= 11 is 0. The SMILES string of the molecule is CNC(CS(=O)CCS(C)(=O)=O)c1c(C)cc(C)cc1C. The summed E-state index contributed by atoms with van der Waals surface area (Å²) in [5.74, 6) is 0.597. The van der Waals surface area contributed by atoms with Crippen LogP contribution < -0.4 is 5.32 Å². The van der Waals surface area contributed by atoms with E-state index in [0.29, 0.717) is 5.75 Å². The Kier molecular flexibility index (Phi) is 6.56. The molecule has 0 aromatic heterocycles. The molecule has 0 aliphatic rings. The van der Waals surface area contributed by atoms with Gasteiger partial charge in [-0.1, -0.05) is 17.7 Å². The van der Waals surface area contributed by atoms with E-state index in [2.05, 4.69) is 38.2 Å². The zero-order valence-electron chi connectivity index (χ0n) is 13.4. The fourth-order valence-corrected chi connectivity index (χ4v) is 5.39. The summed E-state index contributed by atoms with van der Waals surface area (Å²) in [7, 11) is -2.38. The lowest BCUT2D eigenvalue weighted by Crippen LogP contribution is -2.26. The van der Waals surface area contributed by atoms with Crippen LogP contribution in [0.5, 0.6) is 0 Å². The maximum absolute atomic E-state index is 12.1. The van der Waals surface area contributed by atoms with E-state index in [-0.39, 0.29) is 17.5 Å². The molecule has 0 aliphatic heterocycles. The van der Waals surface area contributed by atoms with E-state index < -0.39 is 20.6 Å². The smallest absolute Gasteiger partial charge is 0.148 e. The molecule has 2 unspecified atom stereocenters. The van der Waals surface area contributed by atoms with Crippen LogP contribution in [0.3, 0.4) is 0 Å². The fraction of sp³-hybridized carbons (Fsp3) is 0.600. The van der Waals surface area contributed by atoms with Crippen molar-refractivity contribution in [3.8, 4) is 0 Å². The number of benzene rings is 1. The minimum absolute atomic E-state index is 0.0222. The molecule has 1 aromatic rings. The lowest BCUT2D eigenvalue weighted by Gasteiger charge is -2.21. The van der Waals surface area contributed by atoms with E-state index in [9.17, 15) is 12.6 Å². The maximum atomic E-state index is 12.1. The normalized spacial score (nSPS) is 14.9. The highest BCUT2D eigenvalue weighted by Crippen LogP contribution is 2.24. The number of nitrogens with one attached hydrogen (secondary N) is 1. The molecule has 0 amide bonds. The molecule has 21 heavy (non-hydrogen) atoms. The molecule has 1 rings (SSSR count). The van der Waals surface area contributed by atoms with Gasteiger partial charge in [0.15, 0.2) is 0 Å². The van der Waals surface area contributed by atoms with E-state index in [1.54, 1.807) is 0 Å². The van der Waals surface area contributed by atoms with Crippen LogP contribution >= 0.6 is 0 Å². The predicted octanol–water partition coefficient (Wildman–Crippen LogP) is 1.67. The van der Waals surface area contributed by atoms with Crippen LogP contribution in [0.1, 0.15) is 28.3 Å². The van der Waals surface area contributed by atoms with E-state index in [1.807, 2.05) is 7.05 Å². The average molecular weight is 332 g/mol. The summed E-state index contributed by atoms with van der Waals surface area (Å²) in [4.78, 5) is 0. The van der Waals surface area contributed by atoms with Gasteiger partial charge in [-0.3, -0.25) is 4.21 Å². The van der Waals surface area contributed by atoms with Gasteiger partial charge in [0.05, 0.1) is 5.75 Å². The minimum Gasteiger partial charge on any atom is -0.312 e. The standard InChI is InChI=1S/C15H25NO3S2/c1-11-8-12(2)15(13(3)9-11)14(16-4)10-20(17)6-7-21(5,18)19/h8-9,14,16H,6-7,10H2,1-5H3. The first-order chi connectivity index (χ1) is 9.64. The van der Waals surface area contributed by atoms with Crippen molar-refractivity contribution in [2.45, 2.75) is 26.8 Å². The number of aryl methyl sites for hydroxylation is 3. The molecule has 0 spiro atoms. The monoisotopic (exact) mass is 331 g/mol. The van der Waals surface area contributed by atoms with Crippen LogP contribution in [-0.2, 0) is 20.6 Å². The van der Waals surface area contributed by atoms with Crippen molar-refractivity contribution in [1.82, 2.24) is 5.32 Å². The lowest BCUT2D eigenvalue weighted by molar-refractivity contribution is 0.602. The lowest BCUT2D eigenvalue weighted by atomic mass is 9.95. The second kappa shape index (κ2) is 7.51. The van der Waals surface area contributed by atoms with Crippen molar-refractivity contribution < 1.29 is 12.6 Å². The summed E-state index contributed by atoms with van der Waals surface area (Å²) < 4.78 is 34.4. The molecule has 0 saturated carbocycles. The van der Waals surface area contributed by atoms with Crippen molar-refractivity contribution in [2.24, 2.45) is 0 Å². The molecule has 4 nitrogen and oxygen atoms in total. The van der Waals surface area contributed by atoms with Crippen LogP contribution in [0.15, 0.2) is 12.1 Å². The highest BCUT2D eigenvalue weighted by molar-refractivity contribution is 7.92. The van der Waals surface area contributed by atoms with Gasteiger partial charge in [0.1, 0.15) is 9.84 Å². The third-order valence-electron chi connectivity index (χ3n) is 3.47. The van der Waals surface area contributed by atoms with Crippen LogP contribution in [0.2, 0.25) is 0 Å². The summed E-state index contributed by atoms with van der Waals surface area (Å²) in [5, 5.41) is 3.21. The maximum Gasteiger partial charge on any atom is 0.148 e. The fourth-order valence-electron chi connectivity index (χ4n) is 2.57. The molecule has 6 heteroatoms. The van der Waals surface area contributed by atoms with Gasteiger partial charge in [0.2, 0.25) is 0 Å². The quantitative estimate of drug-likeness (QED) is 0.825. The third-order valence-corrected chi connectivity index (χ3v) is 6.04. The Bertz CT molecular complexity index is 601. The van der Waals surface area contributed by atoms with Gasteiger partial charge in [0, 0.05) is 34.6 Å². The first-order valence-corrected chi connectivity index (χ1v) is 10.5. The van der Waals surface area contributed by atoms with Crippen LogP contribution in [0.4, 0.5) is 0 Å². The van der Waals surface area contributed by atoms with Crippen molar-refractivity contribution in [3.05, 3.63) is 34.4 Å². The molecular weight excluding hydrogens is 306 g/mol. The highest BCUT2D eigenvalue weighted by Gasteiger charge is 2.18. The third kappa shape index (κ3) is 5.88. The molecule has 1 N–H and O–H groups in total. The number of sulfone groups is 1. The predicted molar refractivity (Wildman–Crippen MR) is 90.0 cm³/mol. The van der Waals surface area contributed by atoms with Crippen LogP contribution in [0, 0.1) is 20.8 Å². The average Bonchev–Trinajstić information content (AvgIpc) is 2.33. The summed E-state index contributed by atoms with van der Waals surface area (Å²) in [6.07, 6.45) is 1.17. The van der Waals surface area contributed by atoms with Gasteiger partial charge in [-0.25, -0.2) is 8.42 Å². The molecule has 2 atom stereocenters. The van der Waals surface area contributed by atoms with Gasteiger partial charge in [0.25, 0.3) is 0 Å². The number of rotatable bonds is 7. The number of hydrogen-bond donors (Lipinski definition) is 1. The Hall–Kier alpha value is -0.720.